The molecule has 19 heavy (non-hydrogen) atoms. The molecular weight excluding hydrogens is 398 g/mol. The van der Waals surface area contributed by atoms with E-state index in [2.05, 4.69) is 31.9 Å². The summed E-state index contributed by atoms with van der Waals surface area (Å²) in [6.45, 7) is 0. The quantitative estimate of drug-likeness (QED) is 0.733. The lowest BCUT2D eigenvalue weighted by Crippen LogP contribution is -2.04. The number of aliphatic hydroxyl groups excluding tert-OH is 1. The lowest BCUT2D eigenvalue weighted by molar-refractivity contribution is 0.177. The number of aliphatic hydroxyl groups is 1. The molecule has 1 N–H and O–H groups in total. The molecule has 2 rings (SSSR count). The molecule has 5 heteroatoms. The molecule has 0 spiro atoms. The van der Waals surface area contributed by atoms with Gasteiger partial charge in [-0.25, -0.2) is 4.39 Å². The Labute approximate surface area is 132 Å². The first-order chi connectivity index (χ1) is 8.99. The molecule has 2 aromatic rings. The van der Waals surface area contributed by atoms with Crippen molar-refractivity contribution in [3.8, 4) is 0 Å². The van der Waals surface area contributed by atoms with Crippen molar-refractivity contribution in [2.45, 2.75) is 12.5 Å². The predicted molar refractivity (Wildman–Crippen MR) is 81.9 cm³/mol. The highest BCUT2D eigenvalue weighted by Gasteiger charge is 2.16. The van der Waals surface area contributed by atoms with E-state index >= 15 is 0 Å². The Balaban J connectivity index is 2.28. The monoisotopic (exact) mass is 406 g/mol. The van der Waals surface area contributed by atoms with Gasteiger partial charge in [-0.2, -0.15) is 0 Å². The number of rotatable bonds is 3. The zero-order chi connectivity index (χ0) is 14.0. The molecule has 0 bridgehead atoms. The van der Waals surface area contributed by atoms with Crippen LogP contribution in [-0.4, -0.2) is 5.11 Å². The van der Waals surface area contributed by atoms with Crippen molar-refractivity contribution in [1.29, 1.82) is 0 Å². The van der Waals surface area contributed by atoms with E-state index in [4.69, 9.17) is 11.6 Å². The fourth-order valence-corrected chi connectivity index (χ4v) is 2.84. The predicted octanol–water partition coefficient (Wildman–Crippen LogP) is 5.28. The Kier molecular flexibility index (Phi) is 5.01. The van der Waals surface area contributed by atoms with Crippen LogP contribution in [0.25, 0.3) is 0 Å². The summed E-state index contributed by atoms with van der Waals surface area (Å²) in [4.78, 5) is 0. The van der Waals surface area contributed by atoms with Crippen molar-refractivity contribution in [1.82, 2.24) is 0 Å². The van der Waals surface area contributed by atoms with Crippen LogP contribution in [0.4, 0.5) is 4.39 Å². The van der Waals surface area contributed by atoms with Gasteiger partial charge in [-0.3, -0.25) is 0 Å². The summed E-state index contributed by atoms with van der Waals surface area (Å²) in [6, 6.07) is 9.95. The van der Waals surface area contributed by atoms with Crippen LogP contribution < -0.4 is 0 Å². The minimum atomic E-state index is -0.853. The molecule has 0 heterocycles. The maximum absolute atomic E-state index is 13.7. The first-order valence-electron chi connectivity index (χ1n) is 5.55. The third kappa shape index (κ3) is 3.57. The molecule has 0 radical (unpaired) electrons. The van der Waals surface area contributed by atoms with Crippen LogP contribution in [-0.2, 0) is 6.42 Å². The van der Waals surface area contributed by atoms with Crippen LogP contribution >= 0.6 is 43.5 Å². The zero-order valence-electron chi connectivity index (χ0n) is 9.71. The van der Waals surface area contributed by atoms with Gasteiger partial charge in [0.05, 0.1) is 11.1 Å². The lowest BCUT2D eigenvalue weighted by atomic mass is 10.0. The summed E-state index contributed by atoms with van der Waals surface area (Å²) < 4.78 is 15.1. The third-order valence-corrected chi connectivity index (χ3v) is 4.57. The number of benzene rings is 2. The average molecular weight is 408 g/mol. The Morgan fingerprint density at radius 3 is 2.68 bits per heavy atom. The summed E-state index contributed by atoms with van der Waals surface area (Å²) in [5.41, 5.74) is 1.02. The highest BCUT2D eigenvalue weighted by molar-refractivity contribution is 9.10. The van der Waals surface area contributed by atoms with E-state index < -0.39 is 6.10 Å². The van der Waals surface area contributed by atoms with Gasteiger partial charge in [-0.1, -0.05) is 39.7 Å². The molecular formula is C14H10Br2ClFO. The van der Waals surface area contributed by atoms with Crippen LogP contribution in [0.5, 0.6) is 0 Å². The standard InChI is InChI=1S/C14H10Br2ClFO/c15-9-4-5-12(18)8(6-9)7-13(19)10-2-1-3-11(16)14(10)17/h1-6,13,19H,7H2. The molecule has 1 unspecified atom stereocenters. The molecule has 100 valence electrons. The van der Waals surface area contributed by atoms with Crippen LogP contribution in [0.3, 0.4) is 0 Å². The van der Waals surface area contributed by atoms with Crippen LogP contribution in [0.1, 0.15) is 17.2 Å². The Hall–Kier alpha value is -0.420. The molecule has 0 fully saturated rings. The number of hydrogen-bond donors (Lipinski definition) is 1. The highest BCUT2D eigenvalue weighted by atomic mass is 79.9. The zero-order valence-corrected chi connectivity index (χ0v) is 13.6. The second kappa shape index (κ2) is 6.35. The fraction of sp³-hybridized carbons (Fsp3) is 0.143. The first-order valence-corrected chi connectivity index (χ1v) is 7.51. The minimum Gasteiger partial charge on any atom is -0.388 e. The van der Waals surface area contributed by atoms with E-state index in [9.17, 15) is 9.50 Å². The second-order valence-corrected chi connectivity index (χ2v) is 6.25. The molecule has 0 aliphatic heterocycles. The van der Waals surface area contributed by atoms with Gasteiger partial charge in [0.25, 0.3) is 0 Å². The van der Waals surface area contributed by atoms with Gasteiger partial charge >= 0.3 is 0 Å². The Morgan fingerprint density at radius 1 is 1.21 bits per heavy atom. The molecule has 0 saturated heterocycles. The van der Waals surface area contributed by atoms with Gasteiger partial charge in [0.1, 0.15) is 5.82 Å². The maximum Gasteiger partial charge on any atom is 0.126 e. The largest absolute Gasteiger partial charge is 0.388 e. The van der Waals surface area contributed by atoms with E-state index in [1.807, 2.05) is 0 Å². The topological polar surface area (TPSA) is 20.2 Å². The summed E-state index contributed by atoms with van der Waals surface area (Å²) >= 11 is 12.7. The van der Waals surface area contributed by atoms with Gasteiger partial charge in [-0.05, 0) is 45.8 Å². The first kappa shape index (κ1) is 15.0. The second-order valence-electron chi connectivity index (χ2n) is 4.10. The van der Waals surface area contributed by atoms with Crippen molar-refractivity contribution >= 4 is 43.5 Å². The summed E-state index contributed by atoms with van der Waals surface area (Å²) in [5.74, 6) is -0.339. The molecule has 2 aromatic carbocycles. The van der Waals surface area contributed by atoms with Crippen LogP contribution in [0, 0.1) is 5.82 Å². The van der Waals surface area contributed by atoms with Gasteiger partial charge in [0.15, 0.2) is 0 Å². The van der Waals surface area contributed by atoms with Crippen molar-refractivity contribution in [2.75, 3.05) is 0 Å². The third-order valence-electron chi connectivity index (χ3n) is 2.76. The Morgan fingerprint density at radius 2 is 1.95 bits per heavy atom. The van der Waals surface area contributed by atoms with E-state index in [-0.39, 0.29) is 12.2 Å². The highest BCUT2D eigenvalue weighted by Crippen LogP contribution is 2.32. The van der Waals surface area contributed by atoms with Gasteiger partial charge < -0.3 is 5.11 Å². The smallest absolute Gasteiger partial charge is 0.126 e. The SMILES string of the molecule is OC(Cc1cc(Br)ccc1F)c1cccc(Br)c1Cl. The molecule has 0 aliphatic rings. The summed E-state index contributed by atoms with van der Waals surface area (Å²) in [6.07, 6.45) is -0.685. The van der Waals surface area contributed by atoms with E-state index in [1.54, 1.807) is 30.3 Å². The van der Waals surface area contributed by atoms with Crippen molar-refractivity contribution in [3.05, 3.63) is 67.3 Å². The van der Waals surface area contributed by atoms with Gasteiger partial charge in [0.2, 0.25) is 0 Å². The lowest BCUT2D eigenvalue weighted by Gasteiger charge is -2.14. The average Bonchev–Trinajstić information content (AvgIpc) is 2.37. The fourth-order valence-electron chi connectivity index (χ4n) is 1.80. The van der Waals surface area contributed by atoms with Crippen molar-refractivity contribution in [3.63, 3.8) is 0 Å². The molecule has 1 atom stereocenters. The Bertz CT molecular complexity index is 604. The summed E-state index contributed by atoms with van der Waals surface area (Å²) in [5, 5.41) is 10.7. The summed E-state index contributed by atoms with van der Waals surface area (Å²) in [7, 11) is 0. The van der Waals surface area contributed by atoms with Crippen molar-refractivity contribution < 1.29 is 9.50 Å². The van der Waals surface area contributed by atoms with Crippen LogP contribution in [0.2, 0.25) is 5.02 Å². The van der Waals surface area contributed by atoms with Gasteiger partial charge in [0, 0.05) is 20.9 Å². The molecule has 0 saturated carbocycles. The molecule has 1 nitrogen and oxygen atoms in total. The molecule has 0 aliphatic carbocycles. The van der Waals surface area contributed by atoms with E-state index in [0.29, 0.717) is 20.6 Å². The van der Waals surface area contributed by atoms with E-state index in [1.165, 1.54) is 6.07 Å². The molecule has 0 aromatic heterocycles. The van der Waals surface area contributed by atoms with Gasteiger partial charge in [-0.15, -0.1) is 0 Å². The molecule has 0 amide bonds. The normalized spacial score (nSPS) is 12.5. The maximum atomic E-state index is 13.7. The van der Waals surface area contributed by atoms with Crippen LogP contribution in [0.15, 0.2) is 45.3 Å². The van der Waals surface area contributed by atoms with Crippen molar-refractivity contribution in [2.24, 2.45) is 0 Å². The van der Waals surface area contributed by atoms with E-state index in [0.717, 1.165) is 4.47 Å². The number of halogens is 4. The number of hydrogen-bond acceptors (Lipinski definition) is 1. The minimum absolute atomic E-state index is 0.168.